The van der Waals surface area contributed by atoms with Crippen LogP contribution in [0.15, 0.2) is 48.5 Å². The highest BCUT2D eigenvalue weighted by atomic mass is 35.5. The van der Waals surface area contributed by atoms with Crippen molar-refractivity contribution in [2.75, 3.05) is 0 Å². The lowest BCUT2D eigenvalue weighted by Crippen LogP contribution is -1.75. The first-order valence-corrected chi connectivity index (χ1v) is 8.87. The number of nitrogens with zero attached hydrogens (tertiary/aromatic N) is 2. The number of benzene rings is 2. The lowest BCUT2D eigenvalue weighted by molar-refractivity contribution is 1.48. The molecule has 0 aliphatic carbocycles. The molecule has 0 N–H and O–H groups in total. The first kappa shape index (κ1) is 14.2. The number of hydrogen-bond donors (Lipinski definition) is 0. The maximum absolute atomic E-state index is 5.92. The highest BCUT2D eigenvalue weighted by molar-refractivity contribution is 7.29. The standard InChI is InChI=1S/C16H8Cl2N2S2/c17-11-5-1-9(2-6-11)13-19-15-16(21-13)20-14(22-15)10-3-7-12(18)8-4-10/h1-8H. The van der Waals surface area contributed by atoms with Gasteiger partial charge in [0.05, 0.1) is 0 Å². The van der Waals surface area contributed by atoms with Crippen molar-refractivity contribution < 1.29 is 0 Å². The molecular weight excluding hydrogens is 355 g/mol. The number of thiazole rings is 2. The predicted molar refractivity (Wildman–Crippen MR) is 96.2 cm³/mol. The summed E-state index contributed by atoms with van der Waals surface area (Å²) in [5, 5.41) is 3.39. The molecule has 0 aliphatic heterocycles. The predicted octanol–water partition coefficient (Wildman–Crippen LogP) is 6.39. The summed E-state index contributed by atoms with van der Waals surface area (Å²) in [6, 6.07) is 15.4. The SMILES string of the molecule is Clc1ccc(-c2nc3sc(-c4ccc(Cl)cc4)nc3s2)cc1. The van der Waals surface area contributed by atoms with Gasteiger partial charge in [-0.25, -0.2) is 9.97 Å². The zero-order valence-electron chi connectivity index (χ0n) is 11.1. The number of hydrogen-bond acceptors (Lipinski definition) is 4. The number of aromatic nitrogens is 2. The van der Waals surface area contributed by atoms with Gasteiger partial charge >= 0.3 is 0 Å². The van der Waals surface area contributed by atoms with E-state index in [-0.39, 0.29) is 0 Å². The van der Waals surface area contributed by atoms with Gasteiger partial charge in [-0.1, -0.05) is 70.1 Å². The van der Waals surface area contributed by atoms with Crippen molar-refractivity contribution in [2.24, 2.45) is 0 Å². The third kappa shape index (κ3) is 2.63. The smallest absolute Gasteiger partial charge is 0.155 e. The Labute approximate surface area is 145 Å². The Kier molecular flexibility index (Phi) is 3.62. The van der Waals surface area contributed by atoms with Gasteiger partial charge in [-0.15, -0.1) is 0 Å². The van der Waals surface area contributed by atoms with E-state index < -0.39 is 0 Å². The van der Waals surface area contributed by atoms with Gasteiger partial charge in [0.15, 0.2) is 9.66 Å². The Balaban J connectivity index is 1.73. The molecule has 6 heteroatoms. The number of halogens is 2. The summed E-state index contributed by atoms with van der Waals surface area (Å²) < 4.78 is 0. The van der Waals surface area contributed by atoms with E-state index >= 15 is 0 Å². The van der Waals surface area contributed by atoms with E-state index in [0.717, 1.165) is 40.8 Å². The lowest BCUT2D eigenvalue weighted by Gasteiger charge is -1.96. The molecule has 2 aromatic heterocycles. The summed E-state index contributed by atoms with van der Waals surface area (Å²) in [5.41, 5.74) is 2.13. The molecule has 108 valence electrons. The summed E-state index contributed by atoms with van der Waals surface area (Å²) in [6.45, 7) is 0. The van der Waals surface area contributed by atoms with Gasteiger partial charge in [0.1, 0.15) is 10.0 Å². The molecule has 0 atom stereocenters. The molecule has 0 saturated heterocycles. The molecule has 0 bridgehead atoms. The first-order valence-electron chi connectivity index (χ1n) is 6.48. The van der Waals surface area contributed by atoms with Gasteiger partial charge in [-0.2, -0.15) is 0 Å². The molecule has 4 rings (SSSR count). The van der Waals surface area contributed by atoms with Gasteiger partial charge in [0.25, 0.3) is 0 Å². The molecule has 0 spiro atoms. The van der Waals surface area contributed by atoms with Gasteiger partial charge < -0.3 is 0 Å². The molecule has 22 heavy (non-hydrogen) atoms. The summed E-state index contributed by atoms with van der Waals surface area (Å²) in [4.78, 5) is 11.3. The zero-order chi connectivity index (χ0) is 15.1. The fourth-order valence-corrected chi connectivity index (χ4v) is 4.38. The van der Waals surface area contributed by atoms with E-state index in [4.69, 9.17) is 23.2 Å². The van der Waals surface area contributed by atoms with E-state index in [0.29, 0.717) is 0 Å². The summed E-state index contributed by atoms with van der Waals surface area (Å²) in [6.07, 6.45) is 0. The van der Waals surface area contributed by atoms with Crippen molar-refractivity contribution in [3.63, 3.8) is 0 Å². The summed E-state index contributed by atoms with van der Waals surface area (Å²) in [5.74, 6) is 0. The van der Waals surface area contributed by atoms with E-state index in [2.05, 4.69) is 9.97 Å². The van der Waals surface area contributed by atoms with Crippen LogP contribution in [0.1, 0.15) is 0 Å². The fraction of sp³-hybridized carbons (Fsp3) is 0. The highest BCUT2D eigenvalue weighted by Crippen LogP contribution is 2.36. The second-order valence-electron chi connectivity index (χ2n) is 4.66. The molecule has 0 saturated carbocycles. The lowest BCUT2D eigenvalue weighted by atomic mass is 10.2. The van der Waals surface area contributed by atoms with E-state index in [1.807, 2.05) is 48.5 Å². The maximum atomic E-state index is 5.92. The third-order valence-electron chi connectivity index (χ3n) is 3.16. The Morgan fingerprint density at radius 2 is 0.955 bits per heavy atom. The minimum Gasteiger partial charge on any atom is -0.223 e. The molecule has 0 unspecified atom stereocenters. The van der Waals surface area contributed by atoms with Gasteiger partial charge in [-0.3, -0.25) is 0 Å². The van der Waals surface area contributed by atoms with Crippen molar-refractivity contribution >= 4 is 55.5 Å². The van der Waals surface area contributed by atoms with Gasteiger partial charge in [-0.05, 0) is 24.3 Å². The summed E-state index contributed by atoms with van der Waals surface area (Å²) >= 11 is 15.0. The molecular formula is C16H8Cl2N2S2. The van der Waals surface area contributed by atoms with Crippen molar-refractivity contribution in [1.29, 1.82) is 0 Å². The minimum atomic E-state index is 0.727. The molecule has 0 amide bonds. The molecule has 2 nitrogen and oxygen atoms in total. The molecule has 0 fully saturated rings. The second kappa shape index (κ2) is 5.63. The van der Waals surface area contributed by atoms with Crippen molar-refractivity contribution in [3.8, 4) is 21.1 Å². The van der Waals surface area contributed by atoms with Crippen LogP contribution in [-0.4, -0.2) is 9.97 Å². The van der Waals surface area contributed by atoms with Crippen LogP contribution in [0, 0.1) is 0 Å². The Morgan fingerprint density at radius 1 is 0.591 bits per heavy atom. The number of fused-ring (bicyclic) bond motifs is 1. The largest absolute Gasteiger partial charge is 0.223 e. The van der Waals surface area contributed by atoms with Gasteiger partial charge in [0, 0.05) is 21.2 Å². The Morgan fingerprint density at radius 3 is 1.32 bits per heavy atom. The zero-order valence-corrected chi connectivity index (χ0v) is 14.2. The molecule has 2 aromatic carbocycles. The van der Waals surface area contributed by atoms with Crippen molar-refractivity contribution in [2.45, 2.75) is 0 Å². The van der Waals surface area contributed by atoms with Crippen LogP contribution < -0.4 is 0 Å². The Hall–Kier alpha value is -1.46. The topological polar surface area (TPSA) is 25.8 Å². The number of rotatable bonds is 2. The molecule has 2 heterocycles. The van der Waals surface area contributed by atoms with Crippen LogP contribution >= 0.6 is 45.9 Å². The quantitative estimate of drug-likeness (QED) is 0.412. The van der Waals surface area contributed by atoms with Crippen molar-refractivity contribution in [1.82, 2.24) is 9.97 Å². The average molecular weight is 363 g/mol. The molecule has 0 aliphatic rings. The molecule has 0 radical (unpaired) electrons. The van der Waals surface area contributed by atoms with Crippen LogP contribution in [0.5, 0.6) is 0 Å². The van der Waals surface area contributed by atoms with E-state index in [1.165, 1.54) is 0 Å². The summed E-state index contributed by atoms with van der Waals surface area (Å²) in [7, 11) is 0. The van der Waals surface area contributed by atoms with E-state index in [9.17, 15) is 0 Å². The van der Waals surface area contributed by atoms with E-state index in [1.54, 1.807) is 22.7 Å². The second-order valence-corrected chi connectivity index (χ2v) is 7.49. The van der Waals surface area contributed by atoms with Crippen LogP contribution in [0.3, 0.4) is 0 Å². The normalized spacial score (nSPS) is 11.2. The van der Waals surface area contributed by atoms with Crippen LogP contribution in [0.4, 0.5) is 0 Å². The van der Waals surface area contributed by atoms with Crippen LogP contribution in [0.2, 0.25) is 10.0 Å². The van der Waals surface area contributed by atoms with Crippen LogP contribution in [-0.2, 0) is 0 Å². The first-order chi connectivity index (χ1) is 10.7. The van der Waals surface area contributed by atoms with Crippen LogP contribution in [0.25, 0.3) is 30.8 Å². The van der Waals surface area contributed by atoms with Gasteiger partial charge in [0.2, 0.25) is 0 Å². The maximum Gasteiger partial charge on any atom is 0.155 e. The highest BCUT2D eigenvalue weighted by Gasteiger charge is 2.12. The average Bonchev–Trinajstić information content (AvgIpc) is 3.07. The minimum absolute atomic E-state index is 0.727. The van der Waals surface area contributed by atoms with Crippen molar-refractivity contribution in [3.05, 3.63) is 58.6 Å². The molecule has 4 aromatic rings. The third-order valence-corrected chi connectivity index (χ3v) is 5.79. The Bertz CT molecular complexity index is 834. The monoisotopic (exact) mass is 362 g/mol. The fourth-order valence-electron chi connectivity index (χ4n) is 2.07.